The van der Waals surface area contributed by atoms with E-state index in [4.69, 9.17) is 14.2 Å². The van der Waals surface area contributed by atoms with Gasteiger partial charge in [0.1, 0.15) is 11.5 Å². The van der Waals surface area contributed by atoms with Crippen LogP contribution in [0.3, 0.4) is 0 Å². The molecule has 3 aromatic rings. The van der Waals surface area contributed by atoms with Gasteiger partial charge in [0.25, 0.3) is 0 Å². The summed E-state index contributed by atoms with van der Waals surface area (Å²) in [5.74, 6) is 1.60. The number of ether oxygens (including phenoxy) is 3. The van der Waals surface area contributed by atoms with Crippen molar-refractivity contribution in [2.24, 2.45) is 0 Å². The largest absolute Gasteiger partial charge is 0.497 e. The van der Waals surface area contributed by atoms with Crippen molar-refractivity contribution in [3.63, 3.8) is 0 Å². The van der Waals surface area contributed by atoms with Gasteiger partial charge in [0.15, 0.2) is 11.5 Å². The molecule has 1 saturated carbocycles. The number of carbonyl (C=O) groups is 1. The number of methoxy groups -OCH3 is 1. The molecular weight excluding hydrogens is 433 g/mol. The summed E-state index contributed by atoms with van der Waals surface area (Å²) in [5.41, 5.74) is 0.166. The third-order valence-corrected chi connectivity index (χ3v) is 6.34. The lowest BCUT2D eigenvalue weighted by atomic mass is 9.87. The molecule has 0 spiro atoms. The van der Waals surface area contributed by atoms with Crippen LogP contribution in [0.25, 0.3) is 11.1 Å². The quantitative estimate of drug-likeness (QED) is 0.462. The van der Waals surface area contributed by atoms with Crippen LogP contribution in [0.4, 0.5) is 13.2 Å². The summed E-state index contributed by atoms with van der Waals surface area (Å²) in [7, 11) is 1.46. The van der Waals surface area contributed by atoms with Crippen molar-refractivity contribution in [3.05, 3.63) is 77.4 Å². The Balaban J connectivity index is 1.44. The van der Waals surface area contributed by atoms with E-state index in [1.54, 1.807) is 42.5 Å². The minimum absolute atomic E-state index is 0.0505. The molecule has 170 valence electrons. The molecular formula is C26H21F3O4. The molecule has 5 rings (SSSR count). The van der Waals surface area contributed by atoms with Crippen LogP contribution in [0.1, 0.15) is 29.5 Å². The summed E-state index contributed by atoms with van der Waals surface area (Å²) in [6.07, 6.45) is -3.30. The zero-order valence-corrected chi connectivity index (χ0v) is 17.9. The van der Waals surface area contributed by atoms with Crippen LogP contribution < -0.4 is 14.2 Å². The van der Waals surface area contributed by atoms with Crippen LogP contribution in [-0.2, 0) is 22.8 Å². The van der Waals surface area contributed by atoms with E-state index in [1.165, 1.54) is 13.2 Å². The van der Waals surface area contributed by atoms with E-state index in [1.807, 2.05) is 6.07 Å². The SMILES string of the molecule is COc1cccc(-c2ccc(CC(=O)C3(c4ccc5c(c4)OCO5)CC3)cc2C(F)(F)F)c1. The molecule has 1 aliphatic carbocycles. The van der Waals surface area contributed by atoms with Gasteiger partial charge in [0, 0.05) is 6.42 Å². The number of hydrogen-bond donors (Lipinski definition) is 0. The average Bonchev–Trinajstić information content (AvgIpc) is 3.49. The van der Waals surface area contributed by atoms with Gasteiger partial charge in [-0.05, 0) is 65.4 Å². The number of alkyl halides is 3. The fourth-order valence-corrected chi connectivity index (χ4v) is 4.38. The third-order valence-electron chi connectivity index (χ3n) is 6.34. The summed E-state index contributed by atoms with van der Waals surface area (Å²) in [6, 6.07) is 16.0. The lowest BCUT2D eigenvalue weighted by Gasteiger charge is -2.18. The Hall–Kier alpha value is -3.48. The molecule has 1 fully saturated rings. The fourth-order valence-electron chi connectivity index (χ4n) is 4.38. The third kappa shape index (κ3) is 3.92. The lowest BCUT2D eigenvalue weighted by molar-refractivity contribution is -0.137. The van der Waals surface area contributed by atoms with Crippen LogP contribution in [0.15, 0.2) is 60.7 Å². The molecule has 4 nitrogen and oxygen atoms in total. The smallest absolute Gasteiger partial charge is 0.417 e. The Morgan fingerprint density at radius 1 is 1.00 bits per heavy atom. The van der Waals surface area contributed by atoms with Crippen LogP contribution in [0.5, 0.6) is 17.2 Å². The monoisotopic (exact) mass is 454 g/mol. The molecule has 0 radical (unpaired) electrons. The second-order valence-corrected chi connectivity index (χ2v) is 8.36. The molecule has 7 heteroatoms. The summed E-state index contributed by atoms with van der Waals surface area (Å²) in [6.45, 7) is 0.138. The first kappa shape index (κ1) is 21.4. The normalized spacial score (nSPS) is 15.9. The fraction of sp³-hybridized carbons (Fsp3) is 0.269. The molecule has 0 amide bonds. The van der Waals surface area contributed by atoms with Gasteiger partial charge in [-0.1, -0.05) is 30.3 Å². The highest BCUT2D eigenvalue weighted by molar-refractivity contribution is 5.95. The highest BCUT2D eigenvalue weighted by atomic mass is 19.4. The Kier molecular flexibility index (Phi) is 5.07. The van der Waals surface area contributed by atoms with E-state index in [9.17, 15) is 18.0 Å². The molecule has 33 heavy (non-hydrogen) atoms. The van der Waals surface area contributed by atoms with Crippen LogP contribution in [0, 0.1) is 0 Å². The number of rotatable bonds is 6. The number of Topliss-reactive ketones (excluding diaryl/α,β-unsaturated/α-hetero) is 1. The maximum absolute atomic E-state index is 13.9. The van der Waals surface area contributed by atoms with Crippen LogP contribution >= 0.6 is 0 Å². The Morgan fingerprint density at radius 3 is 2.52 bits per heavy atom. The molecule has 0 N–H and O–H groups in total. The zero-order valence-electron chi connectivity index (χ0n) is 17.9. The van der Waals surface area contributed by atoms with Gasteiger partial charge < -0.3 is 14.2 Å². The standard InChI is InChI=1S/C26H21F3O4/c1-31-19-4-2-3-17(13-19)20-7-5-16(11-21(20)26(27,28)29)12-24(30)25(9-10-25)18-6-8-22-23(14-18)33-15-32-22/h2-8,11,13-14H,9-10,12,15H2,1H3. The first-order valence-corrected chi connectivity index (χ1v) is 10.6. The van der Waals surface area contributed by atoms with Crippen molar-refractivity contribution in [2.45, 2.75) is 30.9 Å². The van der Waals surface area contributed by atoms with Crippen molar-refractivity contribution in [2.75, 3.05) is 13.9 Å². The molecule has 2 aliphatic rings. The topological polar surface area (TPSA) is 44.8 Å². The number of carbonyl (C=O) groups excluding carboxylic acids is 1. The van der Waals surface area contributed by atoms with Gasteiger partial charge in [-0.3, -0.25) is 4.79 Å². The van der Waals surface area contributed by atoms with Crippen molar-refractivity contribution in [3.8, 4) is 28.4 Å². The molecule has 0 bridgehead atoms. The second-order valence-electron chi connectivity index (χ2n) is 8.36. The number of fused-ring (bicyclic) bond motifs is 1. The van der Waals surface area contributed by atoms with E-state index >= 15 is 0 Å². The Bertz CT molecular complexity index is 1230. The molecule has 0 aromatic heterocycles. The van der Waals surface area contributed by atoms with Crippen molar-refractivity contribution in [1.82, 2.24) is 0 Å². The van der Waals surface area contributed by atoms with E-state index in [2.05, 4.69) is 0 Å². The van der Waals surface area contributed by atoms with Gasteiger partial charge in [-0.2, -0.15) is 13.2 Å². The highest BCUT2D eigenvalue weighted by Gasteiger charge is 2.51. The zero-order chi connectivity index (χ0) is 23.2. The predicted molar refractivity (Wildman–Crippen MR) is 116 cm³/mol. The predicted octanol–water partition coefficient (Wildman–Crippen LogP) is 5.95. The number of hydrogen-bond acceptors (Lipinski definition) is 4. The van der Waals surface area contributed by atoms with Gasteiger partial charge >= 0.3 is 6.18 Å². The van der Waals surface area contributed by atoms with Gasteiger partial charge in [-0.25, -0.2) is 0 Å². The molecule has 0 unspecified atom stereocenters. The van der Waals surface area contributed by atoms with Gasteiger partial charge in [0.05, 0.1) is 18.1 Å². The first-order chi connectivity index (χ1) is 15.8. The summed E-state index contributed by atoms with van der Waals surface area (Å²) in [5, 5.41) is 0. The Morgan fingerprint density at radius 2 is 1.79 bits per heavy atom. The second kappa shape index (κ2) is 7.83. The van der Waals surface area contributed by atoms with E-state index < -0.39 is 17.2 Å². The van der Waals surface area contributed by atoms with Crippen molar-refractivity contribution < 1.29 is 32.2 Å². The van der Waals surface area contributed by atoms with Crippen molar-refractivity contribution >= 4 is 5.78 Å². The summed E-state index contributed by atoms with van der Waals surface area (Å²) in [4.78, 5) is 13.2. The van der Waals surface area contributed by atoms with Crippen LogP contribution in [0.2, 0.25) is 0 Å². The number of ketones is 1. The van der Waals surface area contributed by atoms with Gasteiger partial charge in [-0.15, -0.1) is 0 Å². The molecule has 3 aromatic carbocycles. The van der Waals surface area contributed by atoms with Crippen molar-refractivity contribution in [1.29, 1.82) is 0 Å². The number of halogens is 3. The number of benzene rings is 3. The maximum atomic E-state index is 13.9. The first-order valence-electron chi connectivity index (χ1n) is 10.6. The minimum atomic E-state index is -4.56. The molecule has 1 aliphatic heterocycles. The van der Waals surface area contributed by atoms with E-state index in [0.29, 0.717) is 41.2 Å². The van der Waals surface area contributed by atoms with E-state index in [-0.39, 0.29) is 24.6 Å². The summed E-state index contributed by atoms with van der Waals surface area (Å²) >= 11 is 0. The average molecular weight is 454 g/mol. The summed E-state index contributed by atoms with van der Waals surface area (Å²) < 4.78 is 57.7. The van der Waals surface area contributed by atoms with Gasteiger partial charge in [0.2, 0.25) is 6.79 Å². The lowest BCUT2D eigenvalue weighted by Crippen LogP contribution is -2.22. The minimum Gasteiger partial charge on any atom is -0.497 e. The molecule has 1 heterocycles. The highest BCUT2D eigenvalue weighted by Crippen LogP contribution is 2.51. The van der Waals surface area contributed by atoms with Crippen LogP contribution in [-0.4, -0.2) is 19.7 Å². The Labute approximate surface area is 188 Å². The van der Waals surface area contributed by atoms with E-state index in [0.717, 1.165) is 11.6 Å². The maximum Gasteiger partial charge on any atom is 0.417 e. The molecule has 0 atom stereocenters. The molecule has 0 saturated heterocycles.